The number of piperidine rings is 1. The topological polar surface area (TPSA) is 80.0 Å². The number of amides is 1. The summed E-state index contributed by atoms with van der Waals surface area (Å²) in [5.74, 6) is 1.43. The van der Waals surface area contributed by atoms with Gasteiger partial charge in [-0.25, -0.2) is 0 Å². The van der Waals surface area contributed by atoms with Gasteiger partial charge >= 0.3 is 0 Å². The minimum absolute atomic E-state index is 0. The Labute approximate surface area is 169 Å². The molecule has 1 aromatic heterocycles. The quantitative estimate of drug-likeness (QED) is 0.780. The first-order valence-corrected chi connectivity index (χ1v) is 9.59. The zero-order valence-corrected chi connectivity index (χ0v) is 16.7. The van der Waals surface area contributed by atoms with E-state index in [0.717, 1.165) is 18.4 Å². The zero-order chi connectivity index (χ0) is 18.1. The van der Waals surface area contributed by atoms with Gasteiger partial charge in [0, 0.05) is 29.1 Å². The van der Waals surface area contributed by atoms with E-state index in [-0.39, 0.29) is 24.4 Å². The van der Waals surface area contributed by atoms with Crippen molar-refractivity contribution in [3.8, 4) is 11.5 Å². The third kappa shape index (κ3) is 4.81. The molecular formula is C19H24Cl2N4O2. The Morgan fingerprint density at radius 2 is 1.96 bits per heavy atom. The Hall–Kier alpha value is -1.63. The molecule has 2 aliphatic rings. The monoisotopic (exact) mass is 410 g/mol. The summed E-state index contributed by atoms with van der Waals surface area (Å²) in [6, 6.07) is 8.12. The molecule has 1 aromatic carbocycles. The predicted molar refractivity (Wildman–Crippen MR) is 106 cm³/mol. The van der Waals surface area contributed by atoms with Crippen LogP contribution < -0.4 is 10.6 Å². The molecule has 3 heterocycles. The Bertz CT molecular complexity index is 768. The van der Waals surface area contributed by atoms with Crippen LogP contribution in [0.15, 0.2) is 28.8 Å². The fourth-order valence-electron chi connectivity index (χ4n) is 4.09. The van der Waals surface area contributed by atoms with Crippen LogP contribution in [-0.4, -0.2) is 28.1 Å². The first-order chi connectivity index (χ1) is 12.6. The molecule has 3 unspecified atom stereocenters. The molecule has 0 spiro atoms. The number of aromatic nitrogens is 2. The third-order valence-corrected chi connectivity index (χ3v) is 5.59. The predicted octanol–water partition coefficient (Wildman–Crippen LogP) is 3.91. The molecule has 1 amide bonds. The van der Waals surface area contributed by atoms with Crippen LogP contribution in [-0.2, 0) is 4.79 Å². The van der Waals surface area contributed by atoms with Crippen molar-refractivity contribution in [1.82, 2.24) is 20.8 Å². The van der Waals surface area contributed by atoms with Gasteiger partial charge < -0.3 is 15.2 Å². The van der Waals surface area contributed by atoms with Gasteiger partial charge in [0.2, 0.25) is 5.91 Å². The third-order valence-electron chi connectivity index (χ3n) is 5.34. The lowest BCUT2D eigenvalue weighted by molar-refractivity contribution is -0.123. The van der Waals surface area contributed by atoms with Crippen LogP contribution in [0.1, 0.15) is 50.9 Å². The lowest BCUT2D eigenvalue weighted by Gasteiger charge is -2.28. The van der Waals surface area contributed by atoms with Gasteiger partial charge in [-0.3, -0.25) is 4.79 Å². The van der Waals surface area contributed by atoms with Gasteiger partial charge in [-0.1, -0.05) is 16.8 Å². The number of fused-ring (bicyclic) bond motifs is 2. The summed E-state index contributed by atoms with van der Waals surface area (Å²) in [4.78, 5) is 16.8. The van der Waals surface area contributed by atoms with Gasteiger partial charge in [-0.05, 0) is 62.8 Å². The molecule has 2 fully saturated rings. The second-order valence-electron chi connectivity index (χ2n) is 7.43. The Kier molecular flexibility index (Phi) is 6.40. The molecule has 2 aliphatic heterocycles. The van der Waals surface area contributed by atoms with E-state index in [2.05, 4.69) is 20.8 Å². The van der Waals surface area contributed by atoms with Gasteiger partial charge in [0.1, 0.15) is 0 Å². The van der Waals surface area contributed by atoms with E-state index >= 15 is 0 Å². The van der Waals surface area contributed by atoms with Crippen molar-refractivity contribution in [2.45, 2.75) is 57.2 Å². The summed E-state index contributed by atoms with van der Waals surface area (Å²) < 4.78 is 5.32. The number of nitrogens with zero attached hydrogens (tertiary/aromatic N) is 2. The SMILES string of the molecule is CC(NC(=O)CC1CC2CCC(C1)N2)c1noc(-c2ccc(Cl)cc2)n1.Cl. The minimum Gasteiger partial charge on any atom is -0.346 e. The second-order valence-corrected chi connectivity index (χ2v) is 7.87. The minimum atomic E-state index is -0.286. The molecule has 2 saturated heterocycles. The van der Waals surface area contributed by atoms with E-state index in [1.807, 2.05) is 19.1 Å². The van der Waals surface area contributed by atoms with Crippen LogP contribution in [0.3, 0.4) is 0 Å². The Morgan fingerprint density at radius 1 is 1.30 bits per heavy atom. The summed E-state index contributed by atoms with van der Waals surface area (Å²) in [6.45, 7) is 1.88. The largest absolute Gasteiger partial charge is 0.346 e. The molecule has 4 rings (SSSR count). The molecule has 146 valence electrons. The molecule has 2 bridgehead atoms. The summed E-state index contributed by atoms with van der Waals surface area (Å²) in [5, 5.41) is 11.3. The first-order valence-electron chi connectivity index (χ1n) is 9.22. The van der Waals surface area contributed by atoms with Crippen molar-refractivity contribution in [1.29, 1.82) is 0 Å². The van der Waals surface area contributed by atoms with Crippen LogP contribution in [0, 0.1) is 5.92 Å². The van der Waals surface area contributed by atoms with E-state index in [9.17, 15) is 4.79 Å². The molecule has 0 aliphatic carbocycles. The number of benzene rings is 1. The number of halogens is 2. The Balaban J connectivity index is 0.00000210. The lowest BCUT2D eigenvalue weighted by Crippen LogP contribution is -2.40. The normalized spacial score (nSPS) is 24.9. The fourth-order valence-corrected chi connectivity index (χ4v) is 4.22. The van der Waals surface area contributed by atoms with E-state index in [1.54, 1.807) is 12.1 Å². The van der Waals surface area contributed by atoms with Crippen LogP contribution >= 0.6 is 24.0 Å². The van der Waals surface area contributed by atoms with E-state index in [1.165, 1.54) is 12.8 Å². The smallest absolute Gasteiger partial charge is 0.257 e. The number of hydrogen-bond donors (Lipinski definition) is 2. The maximum atomic E-state index is 12.4. The fraction of sp³-hybridized carbons (Fsp3) is 0.526. The van der Waals surface area contributed by atoms with Gasteiger partial charge in [-0.2, -0.15) is 4.98 Å². The van der Waals surface area contributed by atoms with Gasteiger partial charge in [0.25, 0.3) is 5.89 Å². The summed E-state index contributed by atoms with van der Waals surface area (Å²) in [7, 11) is 0. The second kappa shape index (κ2) is 8.59. The molecule has 8 heteroatoms. The van der Waals surface area contributed by atoms with Crippen molar-refractivity contribution in [2.75, 3.05) is 0 Å². The average molecular weight is 411 g/mol. The molecule has 3 atom stereocenters. The first kappa shape index (κ1) is 20.1. The standard InChI is InChI=1S/C19H23ClN4O2.ClH/c1-11(18-23-19(26-24-18)13-2-4-14(20)5-3-13)21-17(25)10-12-8-15-6-7-16(9-12)22-15;/h2-5,11-12,15-16,22H,6-10H2,1H3,(H,21,25);1H. The summed E-state index contributed by atoms with van der Waals surface area (Å²) in [6.07, 6.45) is 5.26. The van der Waals surface area contributed by atoms with Crippen molar-refractivity contribution in [3.63, 3.8) is 0 Å². The highest BCUT2D eigenvalue weighted by atomic mass is 35.5. The molecule has 2 N–H and O–H groups in total. The number of rotatable bonds is 5. The van der Waals surface area contributed by atoms with Gasteiger partial charge in [0.05, 0.1) is 6.04 Å². The van der Waals surface area contributed by atoms with Crippen molar-refractivity contribution >= 4 is 29.9 Å². The molecule has 6 nitrogen and oxygen atoms in total. The van der Waals surface area contributed by atoms with E-state index in [4.69, 9.17) is 16.1 Å². The van der Waals surface area contributed by atoms with Crippen LogP contribution in [0.2, 0.25) is 5.02 Å². The highest BCUT2D eigenvalue weighted by Gasteiger charge is 2.34. The van der Waals surface area contributed by atoms with Crippen LogP contribution in [0.5, 0.6) is 0 Å². The van der Waals surface area contributed by atoms with Crippen LogP contribution in [0.4, 0.5) is 0 Å². The molecular weight excluding hydrogens is 387 g/mol. The van der Waals surface area contributed by atoms with Crippen molar-refractivity contribution in [2.24, 2.45) is 5.92 Å². The van der Waals surface area contributed by atoms with Crippen molar-refractivity contribution in [3.05, 3.63) is 35.1 Å². The molecule has 0 saturated carbocycles. The maximum Gasteiger partial charge on any atom is 0.257 e. The van der Waals surface area contributed by atoms with Gasteiger partial charge in [-0.15, -0.1) is 12.4 Å². The van der Waals surface area contributed by atoms with Crippen molar-refractivity contribution < 1.29 is 9.32 Å². The highest BCUT2D eigenvalue weighted by Crippen LogP contribution is 2.32. The van der Waals surface area contributed by atoms with E-state index in [0.29, 0.717) is 41.2 Å². The average Bonchev–Trinajstić information content (AvgIpc) is 3.22. The number of nitrogens with one attached hydrogen (secondary N) is 2. The zero-order valence-electron chi connectivity index (χ0n) is 15.2. The van der Waals surface area contributed by atoms with Crippen LogP contribution in [0.25, 0.3) is 11.5 Å². The highest BCUT2D eigenvalue weighted by molar-refractivity contribution is 6.30. The Morgan fingerprint density at radius 3 is 2.63 bits per heavy atom. The number of carbonyl (C=O) groups excluding carboxylic acids is 1. The molecule has 27 heavy (non-hydrogen) atoms. The molecule has 0 radical (unpaired) electrons. The summed E-state index contributed by atoms with van der Waals surface area (Å²) in [5.41, 5.74) is 0.803. The van der Waals surface area contributed by atoms with Gasteiger partial charge in [0.15, 0.2) is 5.82 Å². The summed E-state index contributed by atoms with van der Waals surface area (Å²) >= 11 is 5.90. The number of hydrogen-bond acceptors (Lipinski definition) is 5. The number of carbonyl (C=O) groups is 1. The molecule has 2 aromatic rings. The maximum absolute atomic E-state index is 12.4. The van der Waals surface area contributed by atoms with E-state index < -0.39 is 0 Å². The lowest BCUT2D eigenvalue weighted by atomic mass is 9.89.